The highest BCUT2D eigenvalue weighted by molar-refractivity contribution is 9.10. The van der Waals surface area contributed by atoms with Crippen molar-refractivity contribution in [3.8, 4) is 22.9 Å². The molecule has 0 aliphatic heterocycles. The summed E-state index contributed by atoms with van der Waals surface area (Å²) in [5.41, 5.74) is -0.0415. The van der Waals surface area contributed by atoms with Gasteiger partial charge >= 0.3 is 5.69 Å². The maximum Gasteiger partial charge on any atom is 0.349 e. The van der Waals surface area contributed by atoms with Gasteiger partial charge in [-0.15, -0.1) is 0 Å². The van der Waals surface area contributed by atoms with Crippen molar-refractivity contribution in [1.82, 2.24) is 20.1 Å². The third kappa shape index (κ3) is 4.50. The number of phenols is 1. The summed E-state index contributed by atoms with van der Waals surface area (Å²) < 4.78 is 7.53. The van der Waals surface area contributed by atoms with Gasteiger partial charge in [-0.3, -0.25) is 14.6 Å². The molecule has 2 aliphatic carbocycles. The van der Waals surface area contributed by atoms with E-state index in [1.54, 1.807) is 24.3 Å². The molecule has 3 unspecified atom stereocenters. The number of aromatic amines is 1. The number of rotatable bonds is 5. The van der Waals surface area contributed by atoms with E-state index in [4.69, 9.17) is 4.74 Å². The summed E-state index contributed by atoms with van der Waals surface area (Å²) >= 11 is 3.27. The second-order valence-corrected chi connectivity index (χ2v) is 10.3. The predicted molar refractivity (Wildman–Crippen MR) is 133 cm³/mol. The molecule has 1 heterocycles. The summed E-state index contributed by atoms with van der Waals surface area (Å²) in [6, 6.07) is 8.25. The van der Waals surface area contributed by atoms with Gasteiger partial charge in [-0.1, -0.05) is 6.42 Å². The number of halogens is 1. The topological polar surface area (TPSA) is 126 Å². The SMILES string of the molecule is Cc1cc(-n2nc(C(=O)NC3CC4CCC3C4)c(=O)[nH]c2=O)cc(C)c1Oc1ccc(O)c(Br)c1. The van der Waals surface area contributed by atoms with E-state index in [9.17, 15) is 19.5 Å². The Labute approximate surface area is 209 Å². The highest BCUT2D eigenvalue weighted by atomic mass is 79.9. The van der Waals surface area contributed by atoms with Crippen LogP contribution in [-0.2, 0) is 0 Å². The fourth-order valence-corrected chi connectivity index (χ4v) is 5.62. The van der Waals surface area contributed by atoms with Crippen molar-refractivity contribution in [1.29, 1.82) is 0 Å². The number of carbonyl (C=O) groups is 1. The number of ether oxygens (including phenoxy) is 1. The molecule has 0 radical (unpaired) electrons. The zero-order valence-electron chi connectivity index (χ0n) is 19.3. The summed E-state index contributed by atoms with van der Waals surface area (Å²) in [6.07, 6.45) is 4.32. The average Bonchev–Trinajstić information content (AvgIpc) is 3.42. The molecule has 0 saturated heterocycles. The van der Waals surface area contributed by atoms with Gasteiger partial charge in [-0.25, -0.2) is 4.79 Å². The number of aryl methyl sites for hydroxylation is 2. The first-order valence-corrected chi connectivity index (χ1v) is 12.3. The molecular weight excluding hydrogens is 516 g/mol. The van der Waals surface area contributed by atoms with Gasteiger partial charge in [0, 0.05) is 6.04 Å². The first kappa shape index (κ1) is 23.3. The van der Waals surface area contributed by atoms with Crippen molar-refractivity contribution >= 4 is 21.8 Å². The van der Waals surface area contributed by atoms with E-state index in [1.165, 1.54) is 12.5 Å². The number of phenolic OH excluding ortho intramolecular Hbond substituents is 1. The molecule has 2 bridgehead atoms. The summed E-state index contributed by atoms with van der Waals surface area (Å²) in [7, 11) is 0. The predicted octanol–water partition coefficient (Wildman–Crippen LogP) is 3.72. The van der Waals surface area contributed by atoms with E-state index in [2.05, 4.69) is 31.3 Å². The molecule has 2 fully saturated rings. The highest BCUT2D eigenvalue weighted by Crippen LogP contribution is 2.44. The minimum Gasteiger partial charge on any atom is -0.507 e. The lowest BCUT2D eigenvalue weighted by molar-refractivity contribution is 0.0914. The lowest BCUT2D eigenvalue weighted by Gasteiger charge is -2.22. The van der Waals surface area contributed by atoms with Crippen molar-refractivity contribution in [2.45, 2.75) is 45.6 Å². The van der Waals surface area contributed by atoms with Crippen LogP contribution >= 0.6 is 15.9 Å². The Kier molecular flexibility index (Phi) is 6.00. The fourth-order valence-electron chi connectivity index (χ4n) is 5.26. The Bertz CT molecular complexity index is 1420. The van der Waals surface area contributed by atoms with E-state index >= 15 is 0 Å². The Morgan fingerprint density at radius 1 is 1.17 bits per heavy atom. The van der Waals surface area contributed by atoms with E-state index in [1.807, 2.05) is 13.8 Å². The molecule has 35 heavy (non-hydrogen) atoms. The van der Waals surface area contributed by atoms with Gasteiger partial charge in [-0.05, 0) is 102 Å². The number of nitrogens with zero attached hydrogens (tertiary/aromatic N) is 2. The van der Waals surface area contributed by atoms with Gasteiger partial charge in [0.15, 0.2) is 0 Å². The molecule has 3 aromatic rings. The van der Waals surface area contributed by atoms with Gasteiger partial charge in [0.2, 0.25) is 5.69 Å². The van der Waals surface area contributed by atoms with Crippen molar-refractivity contribution in [3.05, 3.63) is 72.5 Å². The normalized spacial score (nSPS) is 20.7. The maximum atomic E-state index is 12.9. The third-order valence-electron chi connectivity index (χ3n) is 6.93. The lowest BCUT2D eigenvalue weighted by Crippen LogP contribution is -2.44. The van der Waals surface area contributed by atoms with Gasteiger partial charge in [0.1, 0.15) is 17.2 Å². The fraction of sp³-hybridized carbons (Fsp3) is 0.360. The van der Waals surface area contributed by atoms with Crippen LogP contribution in [0.15, 0.2) is 44.4 Å². The number of nitrogens with one attached hydrogen (secondary N) is 2. The number of carbonyl (C=O) groups excluding carboxylic acids is 1. The van der Waals surface area contributed by atoms with Crippen molar-refractivity contribution in [2.75, 3.05) is 0 Å². The first-order valence-electron chi connectivity index (χ1n) is 11.5. The Morgan fingerprint density at radius 3 is 2.54 bits per heavy atom. The van der Waals surface area contributed by atoms with Crippen LogP contribution in [0.3, 0.4) is 0 Å². The summed E-state index contributed by atoms with van der Waals surface area (Å²) in [5.74, 6) is 1.72. The summed E-state index contributed by atoms with van der Waals surface area (Å²) in [6.45, 7) is 3.64. The number of benzene rings is 2. The van der Waals surface area contributed by atoms with Crippen LogP contribution in [0, 0.1) is 25.7 Å². The number of hydrogen-bond donors (Lipinski definition) is 3. The molecule has 2 saturated carbocycles. The minimum absolute atomic E-state index is 0.0451. The van der Waals surface area contributed by atoms with Gasteiger partial charge < -0.3 is 15.2 Å². The molecule has 10 heteroatoms. The zero-order chi connectivity index (χ0) is 24.9. The van der Waals surface area contributed by atoms with Crippen molar-refractivity contribution in [3.63, 3.8) is 0 Å². The number of hydrogen-bond acceptors (Lipinski definition) is 6. The molecule has 2 aliphatic rings. The summed E-state index contributed by atoms with van der Waals surface area (Å²) in [5, 5.41) is 16.8. The Hall–Kier alpha value is -3.40. The smallest absolute Gasteiger partial charge is 0.349 e. The number of fused-ring (bicyclic) bond motifs is 2. The van der Waals surface area contributed by atoms with Crippen LogP contribution in [-0.4, -0.2) is 31.8 Å². The maximum absolute atomic E-state index is 12.9. The van der Waals surface area contributed by atoms with E-state index < -0.39 is 17.2 Å². The molecule has 1 aromatic heterocycles. The molecule has 182 valence electrons. The molecule has 2 aromatic carbocycles. The van der Waals surface area contributed by atoms with E-state index in [-0.39, 0.29) is 17.5 Å². The first-order chi connectivity index (χ1) is 16.7. The number of aromatic nitrogens is 3. The monoisotopic (exact) mass is 540 g/mol. The molecule has 3 atom stereocenters. The molecular formula is C25H25BrN4O5. The van der Waals surface area contributed by atoms with Gasteiger partial charge in [0.05, 0.1) is 10.2 Å². The Morgan fingerprint density at radius 2 is 1.91 bits per heavy atom. The highest BCUT2D eigenvalue weighted by Gasteiger charge is 2.40. The van der Waals surface area contributed by atoms with Crippen LogP contribution in [0.4, 0.5) is 0 Å². The number of aromatic hydroxyl groups is 1. The van der Waals surface area contributed by atoms with Crippen LogP contribution in [0.25, 0.3) is 5.69 Å². The molecule has 9 nitrogen and oxygen atoms in total. The summed E-state index contributed by atoms with van der Waals surface area (Å²) in [4.78, 5) is 40.1. The Balaban J connectivity index is 1.44. The third-order valence-corrected chi connectivity index (χ3v) is 7.56. The number of amides is 1. The van der Waals surface area contributed by atoms with Crippen molar-refractivity contribution in [2.24, 2.45) is 11.8 Å². The quantitative estimate of drug-likeness (QED) is 0.452. The molecule has 3 N–H and O–H groups in total. The second-order valence-electron chi connectivity index (χ2n) is 9.40. The number of H-pyrrole nitrogens is 1. The van der Waals surface area contributed by atoms with Crippen molar-refractivity contribution < 1.29 is 14.6 Å². The van der Waals surface area contributed by atoms with E-state index in [0.717, 1.165) is 35.1 Å². The van der Waals surface area contributed by atoms with E-state index in [0.29, 0.717) is 33.5 Å². The molecule has 0 spiro atoms. The minimum atomic E-state index is -0.807. The zero-order valence-corrected chi connectivity index (χ0v) is 20.9. The molecule has 5 rings (SSSR count). The van der Waals surface area contributed by atoms with Gasteiger partial charge in [0.25, 0.3) is 11.5 Å². The average molecular weight is 541 g/mol. The van der Waals surface area contributed by atoms with Crippen LogP contribution in [0.5, 0.6) is 17.2 Å². The van der Waals surface area contributed by atoms with Crippen LogP contribution in [0.2, 0.25) is 0 Å². The molecule has 1 amide bonds. The lowest BCUT2D eigenvalue weighted by atomic mass is 9.95. The largest absolute Gasteiger partial charge is 0.507 e. The standard InChI is InChI=1S/C25H25BrN4O5/c1-12-7-16(8-13(2)22(12)35-17-5-6-20(31)18(26)11-17)30-25(34)28-24(33)21(29-30)23(32)27-19-10-14-3-4-15(19)9-14/h5-8,11,14-15,19,31H,3-4,9-10H2,1-2H3,(H,27,32)(H,28,33,34). The van der Waals surface area contributed by atoms with Crippen LogP contribution in [0.1, 0.15) is 47.3 Å². The van der Waals surface area contributed by atoms with Gasteiger partial charge in [-0.2, -0.15) is 9.78 Å². The van der Waals surface area contributed by atoms with Crippen LogP contribution < -0.4 is 21.3 Å². The second kappa shape index (κ2) is 8.99.